The second-order valence-corrected chi connectivity index (χ2v) is 4.00. The zero-order chi connectivity index (χ0) is 12.8. The first kappa shape index (κ1) is 14.0. The third-order valence-electron chi connectivity index (χ3n) is 2.78. The molecule has 0 fully saturated rings. The van der Waals surface area contributed by atoms with Gasteiger partial charge in [0.2, 0.25) is 0 Å². The first-order valence-electron chi connectivity index (χ1n) is 5.44. The average molecular weight is 245 g/mol. The van der Waals surface area contributed by atoms with Gasteiger partial charge in [-0.05, 0) is 31.2 Å². The maximum atomic E-state index is 12.9. The molecular formula is C12H17F2NO2. The molecule has 5 heteroatoms. The standard InChI is InChI=1S/C12H17F2NO2/c1-15(10(7-16)8-17)5-4-9-2-3-11(13)12(14)6-9/h2-3,6,10,16-17H,4-5,7-8H2,1H3. The van der Waals surface area contributed by atoms with Crippen LogP contribution in [0, 0.1) is 11.6 Å². The highest BCUT2D eigenvalue weighted by Crippen LogP contribution is 2.10. The van der Waals surface area contributed by atoms with Crippen LogP contribution >= 0.6 is 0 Å². The minimum absolute atomic E-state index is 0.134. The molecule has 1 rings (SSSR count). The van der Waals surface area contributed by atoms with Crippen LogP contribution in [0.15, 0.2) is 18.2 Å². The zero-order valence-corrected chi connectivity index (χ0v) is 9.74. The quantitative estimate of drug-likeness (QED) is 0.779. The number of rotatable bonds is 6. The van der Waals surface area contributed by atoms with Crippen molar-refractivity contribution in [3.05, 3.63) is 35.4 Å². The lowest BCUT2D eigenvalue weighted by molar-refractivity contribution is 0.0925. The molecule has 2 N–H and O–H groups in total. The van der Waals surface area contributed by atoms with Crippen LogP contribution in [0.25, 0.3) is 0 Å². The van der Waals surface area contributed by atoms with Gasteiger partial charge in [-0.25, -0.2) is 8.78 Å². The fourth-order valence-electron chi connectivity index (χ4n) is 1.52. The molecule has 96 valence electrons. The third kappa shape index (κ3) is 4.03. The summed E-state index contributed by atoms with van der Waals surface area (Å²) in [5.74, 6) is -1.71. The molecule has 0 atom stereocenters. The van der Waals surface area contributed by atoms with E-state index in [0.717, 1.165) is 12.1 Å². The smallest absolute Gasteiger partial charge is 0.159 e. The Labute approximate surface area is 99.3 Å². The minimum atomic E-state index is -0.856. The molecule has 0 saturated carbocycles. The maximum absolute atomic E-state index is 12.9. The van der Waals surface area contributed by atoms with Crippen LogP contribution in [-0.4, -0.2) is 48.0 Å². The van der Waals surface area contributed by atoms with Crippen LogP contribution in [0.2, 0.25) is 0 Å². The molecule has 0 bridgehead atoms. The summed E-state index contributed by atoms with van der Waals surface area (Å²) in [6.45, 7) is 0.284. The highest BCUT2D eigenvalue weighted by Gasteiger charge is 2.12. The number of halogens is 2. The van der Waals surface area contributed by atoms with E-state index in [1.54, 1.807) is 11.9 Å². The second-order valence-electron chi connectivity index (χ2n) is 4.00. The van der Waals surface area contributed by atoms with Gasteiger partial charge in [-0.2, -0.15) is 0 Å². The first-order valence-corrected chi connectivity index (χ1v) is 5.44. The summed E-state index contributed by atoms with van der Waals surface area (Å²) in [7, 11) is 1.76. The van der Waals surface area contributed by atoms with Gasteiger partial charge in [-0.15, -0.1) is 0 Å². The molecule has 0 spiro atoms. The number of nitrogens with zero attached hydrogens (tertiary/aromatic N) is 1. The van der Waals surface area contributed by atoms with Crippen molar-refractivity contribution >= 4 is 0 Å². The van der Waals surface area contributed by atoms with Gasteiger partial charge in [-0.1, -0.05) is 6.07 Å². The van der Waals surface area contributed by atoms with Crippen molar-refractivity contribution in [1.82, 2.24) is 4.90 Å². The Kier molecular flexibility index (Phi) is 5.47. The van der Waals surface area contributed by atoms with E-state index in [0.29, 0.717) is 18.5 Å². The number of hydrogen-bond acceptors (Lipinski definition) is 3. The highest BCUT2D eigenvalue weighted by molar-refractivity contribution is 5.18. The van der Waals surface area contributed by atoms with Crippen LogP contribution in [-0.2, 0) is 6.42 Å². The third-order valence-corrected chi connectivity index (χ3v) is 2.78. The van der Waals surface area contributed by atoms with Crippen molar-refractivity contribution in [2.24, 2.45) is 0 Å². The van der Waals surface area contributed by atoms with Crippen molar-refractivity contribution in [3.63, 3.8) is 0 Å². The van der Waals surface area contributed by atoms with E-state index in [9.17, 15) is 8.78 Å². The van der Waals surface area contributed by atoms with Crippen LogP contribution < -0.4 is 0 Å². The molecule has 0 saturated heterocycles. The van der Waals surface area contributed by atoms with E-state index in [-0.39, 0.29) is 19.3 Å². The van der Waals surface area contributed by atoms with Crippen LogP contribution in [0.1, 0.15) is 5.56 Å². The Bertz CT molecular complexity index is 356. The predicted octanol–water partition coefficient (Wildman–Crippen LogP) is 0.792. The topological polar surface area (TPSA) is 43.7 Å². The minimum Gasteiger partial charge on any atom is -0.395 e. The lowest BCUT2D eigenvalue weighted by Crippen LogP contribution is -2.38. The Balaban J connectivity index is 2.52. The summed E-state index contributed by atoms with van der Waals surface area (Å²) >= 11 is 0. The van der Waals surface area contributed by atoms with E-state index in [1.807, 2.05) is 0 Å². The van der Waals surface area contributed by atoms with Gasteiger partial charge in [0.15, 0.2) is 11.6 Å². The van der Waals surface area contributed by atoms with E-state index >= 15 is 0 Å². The SMILES string of the molecule is CN(CCc1ccc(F)c(F)c1)C(CO)CO. The highest BCUT2D eigenvalue weighted by atomic mass is 19.2. The van der Waals surface area contributed by atoms with Gasteiger partial charge in [-0.3, -0.25) is 4.90 Å². The lowest BCUT2D eigenvalue weighted by atomic mass is 10.1. The van der Waals surface area contributed by atoms with Gasteiger partial charge in [0.25, 0.3) is 0 Å². The summed E-state index contributed by atoms with van der Waals surface area (Å²) < 4.78 is 25.6. The van der Waals surface area contributed by atoms with Crippen molar-refractivity contribution in [2.75, 3.05) is 26.8 Å². The summed E-state index contributed by atoms with van der Waals surface area (Å²) in [5, 5.41) is 17.9. The Morgan fingerprint density at radius 3 is 2.35 bits per heavy atom. The molecule has 0 aliphatic carbocycles. The number of benzene rings is 1. The predicted molar refractivity (Wildman–Crippen MR) is 60.7 cm³/mol. The monoisotopic (exact) mass is 245 g/mol. The van der Waals surface area contributed by atoms with E-state index in [4.69, 9.17) is 10.2 Å². The Morgan fingerprint density at radius 1 is 1.18 bits per heavy atom. The molecule has 0 aliphatic heterocycles. The molecule has 0 radical (unpaired) electrons. The molecule has 3 nitrogen and oxygen atoms in total. The normalized spacial score (nSPS) is 11.5. The summed E-state index contributed by atoms with van der Waals surface area (Å²) in [6.07, 6.45) is 0.532. The molecule has 17 heavy (non-hydrogen) atoms. The molecule has 1 aromatic rings. The molecule has 0 aromatic heterocycles. The fraction of sp³-hybridized carbons (Fsp3) is 0.500. The van der Waals surface area contributed by atoms with Crippen molar-refractivity contribution in [1.29, 1.82) is 0 Å². The fourth-order valence-corrected chi connectivity index (χ4v) is 1.52. The number of hydrogen-bond donors (Lipinski definition) is 2. The van der Waals surface area contributed by atoms with Crippen molar-refractivity contribution in [3.8, 4) is 0 Å². The van der Waals surface area contributed by atoms with Gasteiger partial charge >= 0.3 is 0 Å². The summed E-state index contributed by atoms with van der Waals surface area (Å²) in [6, 6.07) is 3.47. The van der Waals surface area contributed by atoms with Crippen LogP contribution in [0.3, 0.4) is 0 Å². The molecule has 0 heterocycles. The Morgan fingerprint density at radius 2 is 1.82 bits per heavy atom. The number of likely N-dealkylation sites (N-methyl/N-ethyl adjacent to an activating group) is 1. The zero-order valence-electron chi connectivity index (χ0n) is 9.74. The largest absolute Gasteiger partial charge is 0.395 e. The summed E-state index contributed by atoms with van der Waals surface area (Å²) in [5.41, 5.74) is 0.686. The van der Waals surface area contributed by atoms with Crippen molar-refractivity contribution < 1.29 is 19.0 Å². The van der Waals surface area contributed by atoms with Gasteiger partial charge in [0, 0.05) is 6.54 Å². The van der Waals surface area contributed by atoms with Crippen molar-refractivity contribution in [2.45, 2.75) is 12.5 Å². The number of aliphatic hydroxyl groups excluding tert-OH is 2. The van der Waals surface area contributed by atoms with E-state index < -0.39 is 11.6 Å². The van der Waals surface area contributed by atoms with E-state index in [1.165, 1.54) is 6.07 Å². The molecule has 0 amide bonds. The van der Waals surface area contributed by atoms with E-state index in [2.05, 4.69) is 0 Å². The van der Waals surface area contributed by atoms with Gasteiger partial charge in [0.05, 0.1) is 19.3 Å². The first-order chi connectivity index (χ1) is 8.08. The average Bonchev–Trinajstić information content (AvgIpc) is 2.32. The molecule has 0 unspecified atom stereocenters. The Hall–Kier alpha value is -1.04. The van der Waals surface area contributed by atoms with Crippen LogP contribution in [0.4, 0.5) is 8.78 Å². The number of aliphatic hydroxyl groups is 2. The van der Waals surface area contributed by atoms with Gasteiger partial charge in [0.1, 0.15) is 0 Å². The molecular weight excluding hydrogens is 228 g/mol. The van der Waals surface area contributed by atoms with Crippen LogP contribution in [0.5, 0.6) is 0 Å². The maximum Gasteiger partial charge on any atom is 0.159 e. The molecule has 0 aliphatic rings. The summed E-state index contributed by atoms with van der Waals surface area (Å²) in [4.78, 5) is 1.78. The molecule has 1 aromatic carbocycles. The lowest BCUT2D eigenvalue weighted by Gasteiger charge is -2.24. The van der Waals surface area contributed by atoms with Gasteiger partial charge < -0.3 is 10.2 Å². The second kappa shape index (κ2) is 6.64.